The summed E-state index contributed by atoms with van der Waals surface area (Å²) in [6.45, 7) is 4.12. The fraction of sp³-hybridized carbons (Fsp3) is 0.792. The Hall–Kier alpha value is -1.53. The smallest absolute Gasteiger partial charge is 0.342 e. The van der Waals surface area contributed by atoms with Crippen molar-refractivity contribution in [2.45, 2.75) is 90.6 Å². The Labute approximate surface area is 181 Å². The lowest BCUT2D eigenvalue weighted by molar-refractivity contribution is -0.157. The largest absolute Gasteiger partial charge is 0.464 e. The SMILES string of the molecule is CCCC[C@H](CO)CC=C[C@H]1CCC(=O)[C@@H]1CCCCCC(=O)C(O)C(=O)OCC. The molecule has 4 atom stereocenters. The highest BCUT2D eigenvalue weighted by Gasteiger charge is 2.32. The molecule has 0 radical (unpaired) electrons. The number of ketones is 2. The van der Waals surface area contributed by atoms with Crippen LogP contribution in [0.1, 0.15) is 84.5 Å². The van der Waals surface area contributed by atoms with Crippen LogP contribution >= 0.6 is 0 Å². The van der Waals surface area contributed by atoms with Crippen molar-refractivity contribution in [3.05, 3.63) is 12.2 Å². The lowest BCUT2D eigenvalue weighted by Crippen LogP contribution is -2.31. The highest BCUT2D eigenvalue weighted by molar-refractivity contribution is 6.01. The minimum Gasteiger partial charge on any atom is -0.464 e. The molecule has 0 amide bonds. The van der Waals surface area contributed by atoms with E-state index in [1.165, 1.54) is 0 Å². The summed E-state index contributed by atoms with van der Waals surface area (Å²) in [5.41, 5.74) is 0. The van der Waals surface area contributed by atoms with Crippen molar-refractivity contribution in [2.24, 2.45) is 17.8 Å². The zero-order chi connectivity index (χ0) is 22.4. The summed E-state index contributed by atoms with van der Waals surface area (Å²) >= 11 is 0. The number of hydrogen-bond acceptors (Lipinski definition) is 6. The third-order valence-electron chi connectivity index (χ3n) is 5.98. The summed E-state index contributed by atoms with van der Waals surface area (Å²) in [5, 5.41) is 19.1. The number of rotatable bonds is 16. The number of esters is 1. The molecule has 1 unspecified atom stereocenters. The number of hydrogen-bond donors (Lipinski definition) is 2. The Bertz CT molecular complexity index is 556. The van der Waals surface area contributed by atoms with Gasteiger partial charge in [0.1, 0.15) is 5.78 Å². The highest BCUT2D eigenvalue weighted by Crippen LogP contribution is 2.34. The number of aliphatic hydroxyl groups is 2. The number of carbonyl (C=O) groups excluding carboxylic acids is 3. The molecule has 6 nitrogen and oxygen atoms in total. The molecule has 1 saturated carbocycles. The fourth-order valence-electron chi connectivity index (χ4n) is 4.09. The molecule has 1 aliphatic carbocycles. The summed E-state index contributed by atoms with van der Waals surface area (Å²) < 4.78 is 4.65. The van der Waals surface area contributed by atoms with Gasteiger partial charge in [-0.1, -0.05) is 44.8 Å². The van der Waals surface area contributed by atoms with E-state index in [2.05, 4.69) is 23.8 Å². The average molecular weight is 425 g/mol. The molecule has 2 N–H and O–H groups in total. The van der Waals surface area contributed by atoms with Crippen molar-refractivity contribution in [3.63, 3.8) is 0 Å². The maximum Gasteiger partial charge on any atom is 0.342 e. The first-order valence-corrected chi connectivity index (χ1v) is 11.6. The molecule has 1 fully saturated rings. The maximum absolute atomic E-state index is 12.3. The number of unbranched alkanes of at least 4 members (excludes halogenated alkanes) is 3. The molecular formula is C24H40O6. The Balaban J connectivity index is 2.33. The van der Waals surface area contributed by atoms with E-state index in [1.54, 1.807) is 6.92 Å². The van der Waals surface area contributed by atoms with Gasteiger partial charge >= 0.3 is 5.97 Å². The zero-order valence-corrected chi connectivity index (χ0v) is 18.7. The first-order chi connectivity index (χ1) is 14.4. The molecule has 0 aromatic carbocycles. The van der Waals surface area contributed by atoms with Gasteiger partial charge in [0.05, 0.1) is 6.61 Å². The monoisotopic (exact) mass is 424 g/mol. The molecule has 30 heavy (non-hydrogen) atoms. The second-order valence-electron chi connectivity index (χ2n) is 8.35. The van der Waals surface area contributed by atoms with Crippen LogP contribution in [0.5, 0.6) is 0 Å². The van der Waals surface area contributed by atoms with Gasteiger partial charge < -0.3 is 14.9 Å². The molecule has 0 bridgehead atoms. The van der Waals surface area contributed by atoms with Gasteiger partial charge in [-0.2, -0.15) is 0 Å². The average Bonchev–Trinajstić information content (AvgIpc) is 3.09. The third-order valence-corrected chi connectivity index (χ3v) is 5.98. The summed E-state index contributed by atoms with van der Waals surface area (Å²) in [6, 6.07) is 0. The summed E-state index contributed by atoms with van der Waals surface area (Å²) in [4.78, 5) is 35.4. The van der Waals surface area contributed by atoms with E-state index in [-0.39, 0.29) is 31.5 Å². The van der Waals surface area contributed by atoms with Crippen molar-refractivity contribution < 1.29 is 29.3 Å². The molecule has 1 aliphatic rings. The van der Waals surface area contributed by atoms with Crippen LogP contribution in [0.2, 0.25) is 0 Å². The van der Waals surface area contributed by atoms with E-state index in [1.807, 2.05) is 0 Å². The molecule has 0 aromatic rings. The molecule has 6 heteroatoms. The van der Waals surface area contributed by atoms with E-state index >= 15 is 0 Å². The van der Waals surface area contributed by atoms with Gasteiger partial charge in [-0.25, -0.2) is 4.79 Å². The van der Waals surface area contributed by atoms with Gasteiger partial charge in [-0.05, 0) is 50.9 Å². The van der Waals surface area contributed by atoms with Crippen molar-refractivity contribution in [2.75, 3.05) is 13.2 Å². The summed E-state index contributed by atoms with van der Waals surface area (Å²) in [5.74, 6) is -0.442. The van der Waals surface area contributed by atoms with Crippen molar-refractivity contribution in [1.82, 2.24) is 0 Å². The lowest BCUT2D eigenvalue weighted by Gasteiger charge is -2.16. The molecule has 0 aliphatic heterocycles. The van der Waals surface area contributed by atoms with Gasteiger partial charge in [0, 0.05) is 25.4 Å². The van der Waals surface area contributed by atoms with Crippen molar-refractivity contribution in [3.8, 4) is 0 Å². The zero-order valence-electron chi connectivity index (χ0n) is 18.7. The Morgan fingerprint density at radius 3 is 2.63 bits per heavy atom. The quantitative estimate of drug-likeness (QED) is 0.169. The molecule has 0 saturated heterocycles. The molecule has 1 rings (SSSR count). The van der Waals surface area contributed by atoms with Crippen molar-refractivity contribution in [1.29, 1.82) is 0 Å². The molecular weight excluding hydrogens is 384 g/mol. The van der Waals surface area contributed by atoms with E-state index in [0.29, 0.717) is 24.5 Å². The molecule has 0 aromatic heterocycles. The molecule has 0 spiro atoms. The van der Waals surface area contributed by atoms with E-state index < -0.39 is 17.9 Å². The maximum atomic E-state index is 12.3. The number of ether oxygens (including phenoxy) is 1. The Kier molecular flexibility index (Phi) is 13.5. The first kappa shape index (κ1) is 26.5. The number of allylic oxidation sites excluding steroid dienone is 2. The number of aliphatic hydroxyl groups excluding tert-OH is 2. The van der Waals surface area contributed by atoms with Gasteiger partial charge in [0.2, 0.25) is 6.10 Å². The van der Waals surface area contributed by atoms with Crippen LogP contribution in [0.3, 0.4) is 0 Å². The highest BCUT2D eigenvalue weighted by atomic mass is 16.5. The Morgan fingerprint density at radius 2 is 1.97 bits per heavy atom. The van der Waals surface area contributed by atoms with Gasteiger partial charge in [0.25, 0.3) is 0 Å². The first-order valence-electron chi connectivity index (χ1n) is 11.6. The summed E-state index contributed by atoms with van der Waals surface area (Å²) in [7, 11) is 0. The van der Waals surface area contributed by atoms with Crippen molar-refractivity contribution >= 4 is 17.5 Å². The van der Waals surface area contributed by atoms with E-state index in [4.69, 9.17) is 0 Å². The van der Waals surface area contributed by atoms with Crippen LogP contribution in [0.15, 0.2) is 12.2 Å². The fourth-order valence-corrected chi connectivity index (χ4v) is 4.09. The second-order valence-corrected chi connectivity index (χ2v) is 8.35. The number of Topliss-reactive ketones (excluding diaryl/α,β-unsaturated/α-hetero) is 2. The molecule has 172 valence electrons. The normalized spacial score (nSPS) is 21.1. The third kappa shape index (κ3) is 9.52. The minimum absolute atomic E-state index is 0.0466. The molecule has 0 heterocycles. The van der Waals surface area contributed by atoms with Gasteiger partial charge in [-0.3, -0.25) is 9.59 Å². The van der Waals surface area contributed by atoms with Crippen LogP contribution in [-0.2, 0) is 19.1 Å². The van der Waals surface area contributed by atoms with Crippen LogP contribution in [0.4, 0.5) is 0 Å². The van der Waals surface area contributed by atoms with Crippen LogP contribution in [-0.4, -0.2) is 47.1 Å². The van der Waals surface area contributed by atoms with Gasteiger partial charge in [-0.15, -0.1) is 0 Å². The van der Waals surface area contributed by atoms with Crippen LogP contribution < -0.4 is 0 Å². The van der Waals surface area contributed by atoms with Crippen LogP contribution in [0, 0.1) is 17.8 Å². The second kappa shape index (κ2) is 15.3. The standard InChI is InChI=1S/C24H40O6/c1-3-5-10-18(17-25)11-9-12-19-15-16-21(26)20(19)13-7-6-8-14-22(27)23(28)24(29)30-4-2/h9,12,18-20,23,25,28H,3-8,10-11,13-17H2,1-2H3/t18-,19-,20+,23?/m0/s1. The number of carbonyl (C=O) groups is 3. The topological polar surface area (TPSA) is 101 Å². The lowest BCUT2D eigenvalue weighted by atomic mass is 9.88. The van der Waals surface area contributed by atoms with E-state index in [0.717, 1.165) is 51.4 Å². The summed E-state index contributed by atoms with van der Waals surface area (Å²) in [6.07, 6.45) is 11.5. The Morgan fingerprint density at radius 1 is 1.20 bits per heavy atom. The predicted octanol–water partition coefficient (Wildman–Crippen LogP) is 3.77. The predicted molar refractivity (Wildman–Crippen MR) is 116 cm³/mol. The van der Waals surface area contributed by atoms with Crippen LogP contribution in [0.25, 0.3) is 0 Å². The minimum atomic E-state index is -1.68. The van der Waals surface area contributed by atoms with E-state index in [9.17, 15) is 24.6 Å². The van der Waals surface area contributed by atoms with Gasteiger partial charge in [0.15, 0.2) is 5.78 Å².